The smallest absolute Gasteiger partial charge is 1.00 e. The van der Waals surface area contributed by atoms with Gasteiger partial charge in [-0.05, 0) is 36.1 Å². The predicted molar refractivity (Wildman–Crippen MR) is 194 cm³/mol. The van der Waals surface area contributed by atoms with Crippen LogP contribution >= 0.6 is 0 Å². The van der Waals surface area contributed by atoms with Gasteiger partial charge in [-0.3, -0.25) is 6.08 Å². The van der Waals surface area contributed by atoms with Crippen LogP contribution in [0.15, 0.2) is 60.2 Å². The molecule has 248 valence electrons. The van der Waals surface area contributed by atoms with Crippen molar-refractivity contribution >= 4 is 35.9 Å². The Bertz CT molecular complexity index is 1560. The van der Waals surface area contributed by atoms with Crippen LogP contribution in [-0.2, 0) is 35.1 Å². The fraction of sp³-hybridized carbons (Fsp3) is 0.488. The first kappa shape index (κ1) is 40.8. The molecule has 0 N–H and O–H groups in total. The summed E-state index contributed by atoms with van der Waals surface area (Å²) in [6, 6.07) is 12.1. The van der Waals surface area contributed by atoms with Gasteiger partial charge < -0.3 is 24.8 Å². The maximum atomic E-state index is 3.16. The van der Waals surface area contributed by atoms with Crippen molar-refractivity contribution in [1.82, 2.24) is 0 Å². The van der Waals surface area contributed by atoms with Crippen molar-refractivity contribution in [2.75, 3.05) is 0 Å². The molecule has 3 aliphatic rings. The van der Waals surface area contributed by atoms with Gasteiger partial charge in [-0.2, -0.15) is 11.6 Å². The standard InChI is InChI=1S/C25H25.C9H13.C9H18.2ClH.Zr/c1-14-12-24(3,4)22-8-16-7-17-9-23-19(15(2)13-25(23,5)6)11-21(17)20(16)10-18(14)22;1-9(2,3)8-6-4-5-7-8;1-3-5-7-9-8-6-4-2;;;/h7-13H,1-6H3;6-7H,4H2,1-3H3;3-8H2,1-2H3;2*1H;/q2*-1;;;;+2/p-2. The van der Waals surface area contributed by atoms with E-state index in [-0.39, 0.29) is 35.6 Å². The van der Waals surface area contributed by atoms with Gasteiger partial charge in [0, 0.05) is 10.8 Å². The Balaban J connectivity index is 0.000000294. The summed E-state index contributed by atoms with van der Waals surface area (Å²) in [5.41, 5.74) is 10.6. The Morgan fingerprint density at radius 1 is 0.783 bits per heavy atom. The van der Waals surface area contributed by atoms with E-state index >= 15 is 0 Å². The molecule has 0 nitrogen and oxygen atoms in total. The SMILES string of the molecule is CC(C)(C)C1=CC[C-]=C1.CC1=CC(C)(C)c2cc3[cH-]c4cc5c(cc4c3cc21)C(C)=CC5(C)C.CCCC[C](=[Zr+2])CCCC.[Cl-].[Cl-]. The van der Waals surface area contributed by atoms with Crippen molar-refractivity contribution in [2.24, 2.45) is 5.41 Å². The third-order valence-corrected chi connectivity index (χ3v) is 10.8. The van der Waals surface area contributed by atoms with Crippen molar-refractivity contribution < 1.29 is 49.0 Å². The van der Waals surface area contributed by atoms with E-state index in [2.05, 4.69) is 137 Å². The van der Waals surface area contributed by atoms with Crippen molar-refractivity contribution in [3.63, 3.8) is 0 Å². The van der Waals surface area contributed by atoms with Gasteiger partial charge in [-0.25, -0.2) is 6.08 Å². The van der Waals surface area contributed by atoms with E-state index in [9.17, 15) is 0 Å². The quantitative estimate of drug-likeness (QED) is 0.242. The van der Waals surface area contributed by atoms with Gasteiger partial charge in [0.25, 0.3) is 0 Å². The molecule has 3 aliphatic carbocycles. The number of allylic oxidation sites excluding steroid dienone is 8. The molecule has 0 atom stereocenters. The maximum Gasteiger partial charge on any atom is -1.00 e. The van der Waals surface area contributed by atoms with Crippen molar-refractivity contribution in [2.45, 2.75) is 132 Å². The predicted octanol–water partition coefficient (Wildman–Crippen LogP) is 6.92. The van der Waals surface area contributed by atoms with E-state index < -0.39 is 0 Å². The number of halogens is 2. The summed E-state index contributed by atoms with van der Waals surface area (Å²) in [5.74, 6) is 0. The number of hydrogen-bond donors (Lipinski definition) is 0. The zero-order valence-corrected chi connectivity index (χ0v) is 34.4. The Labute approximate surface area is 308 Å². The monoisotopic (exact) mass is 732 g/mol. The molecule has 3 aromatic carbocycles. The minimum absolute atomic E-state index is 0. The van der Waals surface area contributed by atoms with E-state index in [0.29, 0.717) is 5.41 Å². The summed E-state index contributed by atoms with van der Waals surface area (Å²) in [5, 5.41) is 5.57. The Morgan fingerprint density at radius 3 is 1.54 bits per heavy atom. The average molecular weight is 735 g/mol. The molecule has 0 aromatic heterocycles. The fourth-order valence-electron chi connectivity index (χ4n) is 7.04. The van der Waals surface area contributed by atoms with Crippen LogP contribution in [0, 0.1) is 11.5 Å². The van der Waals surface area contributed by atoms with Gasteiger partial charge in [0.05, 0.1) is 0 Å². The molecule has 0 fully saturated rings. The Hall–Kier alpha value is -1.40. The summed E-state index contributed by atoms with van der Waals surface area (Å²) in [6.07, 6.45) is 21.6. The van der Waals surface area contributed by atoms with E-state index in [4.69, 9.17) is 0 Å². The fourth-order valence-corrected chi connectivity index (χ4v) is 7.91. The van der Waals surface area contributed by atoms with Crippen LogP contribution in [0.4, 0.5) is 0 Å². The van der Waals surface area contributed by atoms with E-state index in [1.54, 1.807) is 27.4 Å². The van der Waals surface area contributed by atoms with Gasteiger partial charge >= 0.3 is 79.8 Å². The van der Waals surface area contributed by atoms with Crippen LogP contribution in [0.1, 0.15) is 143 Å². The summed E-state index contributed by atoms with van der Waals surface area (Å²) in [7, 11) is 0. The molecular weight excluding hydrogens is 679 g/mol. The van der Waals surface area contributed by atoms with E-state index in [1.807, 2.05) is 0 Å². The number of benzene rings is 2. The molecule has 0 heterocycles. The molecule has 0 bridgehead atoms. The van der Waals surface area contributed by atoms with Gasteiger partial charge in [0.15, 0.2) is 0 Å². The van der Waals surface area contributed by atoms with Crippen LogP contribution in [-0.4, -0.2) is 3.21 Å². The zero-order chi connectivity index (χ0) is 32.4. The van der Waals surface area contributed by atoms with Crippen molar-refractivity contribution in [3.05, 3.63) is 88.5 Å². The van der Waals surface area contributed by atoms with Gasteiger partial charge in [0.1, 0.15) is 0 Å². The number of rotatable bonds is 6. The molecule has 0 saturated carbocycles. The first-order chi connectivity index (χ1) is 20.6. The maximum absolute atomic E-state index is 3.16. The van der Waals surface area contributed by atoms with Crippen molar-refractivity contribution in [1.29, 1.82) is 0 Å². The molecule has 6 rings (SSSR count). The van der Waals surface area contributed by atoms with Crippen LogP contribution in [0.3, 0.4) is 0 Å². The molecular formula is C43H56Cl2Zr-2. The van der Waals surface area contributed by atoms with Gasteiger partial charge in [-0.15, -0.1) is 46.2 Å². The molecule has 46 heavy (non-hydrogen) atoms. The second-order valence-electron chi connectivity index (χ2n) is 15.5. The van der Waals surface area contributed by atoms with Crippen LogP contribution in [0.25, 0.3) is 32.7 Å². The minimum atomic E-state index is 0. The molecule has 0 spiro atoms. The Morgan fingerprint density at radius 2 is 1.22 bits per heavy atom. The van der Waals surface area contributed by atoms with Crippen LogP contribution in [0.2, 0.25) is 0 Å². The number of fused-ring (bicyclic) bond motifs is 5. The molecule has 0 unspecified atom stereocenters. The largest absolute Gasteiger partial charge is 1.00 e. The molecule has 0 saturated heterocycles. The number of unbranched alkanes of at least 4 members (excludes halogenated alkanes) is 2. The topological polar surface area (TPSA) is 0 Å². The summed E-state index contributed by atoms with van der Waals surface area (Å²) in [4.78, 5) is 0. The third kappa shape index (κ3) is 9.18. The second-order valence-corrected chi connectivity index (χ2v) is 17.2. The second kappa shape index (κ2) is 16.3. The van der Waals surface area contributed by atoms with Crippen LogP contribution in [0.5, 0.6) is 0 Å². The van der Waals surface area contributed by atoms with E-state index in [1.165, 1.54) is 99.0 Å². The normalized spacial score (nSPS) is 16.6. The zero-order valence-electron chi connectivity index (χ0n) is 30.4. The van der Waals surface area contributed by atoms with Gasteiger partial charge in [-0.1, -0.05) is 89.3 Å². The third-order valence-electron chi connectivity index (χ3n) is 9.60. The molecule has 0 amide bonds. The average Bonchev–Trinajstić information content (AvgIpc) is 3.70. The molecule has 3 heteroatoms. The number of hydrogen-bond acceptors (Lipinski definition) is 0. The Kier molecular flexibility index (Phi) is 14.5. The first-order valence-electron chi connectivity index (χ1n) is 17.0. The van der Waals surface area contributed by atoms with Crippen LogP contribution < -0.4 is 24.8 Å². The van der Waals surface area contributed by atoms with E-state index in [0.717, 1.165) is 6.42 Å². The van der Waals surface area contributed by atoms with Gasteiger partial charge in [0.2, 0.25) is 0 Å². The first-order valence-corrected chi connectivity index (χ1v) is 18.3. The molecule has 0 aliphatic heterocycles. The van der Waals surface area contributed by atoms with Crippen molar-refractivity contribution in [3.8, 4) is 0 Å². The summed E-state index contributed by atoms with van der Waals surface area (Å²) in [6.45, 7) is 25.0. The summed E-state index contributed by atoms with van der Waals surface area (Å²) >= 11 is 1.67. The summed E-state index contributed by atoms with van der Waals surface area (Å²) < 4.78 is 1.79. The molecule has 0 radical (unpaired) electrons. The minimum Gasteiger partial charge on any atom is -1.00 e. The molecule has 3 aromatic rings.